The largest absolute Gasteiger partial charge is 0.364 e. The Hall–Kier alpha value is -1.13. The van der Waals surface area contributed by atoms with Crippen molar-refractivity contribution in [2.75, 3.05) is 6.54 Å². The SMILES string of the molecule is c1csc(CCNCc2ccon2)c1. The highest BCUT2D eigenvalue weighted by Crippen LogP contribution is 2.08. The summed E-state index contributed by atoms with van der Waals surface area (Å²) in [6, 6.07) is 6.11. The Balaban J connectivity index is 1.65. The lowest BCUT2D eigenvalue weighted by atomic mass is 10.3. The van der Waals surface area contributed by atoms with E-state index in [1.54, 1.807) is 17.6 Å². The van der Waals surface area contributed by atoms with E-state index in [-0.39, 0.29) is 0 Å². The van der Waals surface area contributed by atoms with Gasteiger partial charge in [0, 0.05) is 24.0 Å². The van der Waals surface area contributed by atoms with Crippen LogP contribution in [0.2, 0.25) is 0 Å². The Bertz CT molecular complexity index is 306. The molecule has 0 fully saturated rings. The number of thiophene rings is 1. The second kappa shape index (κ2) is 4.93. The first kappa shape index (κ1) is 9.43. The van der Waals surface area contributed by atoms with Gasteiger partial charge in [0.05, 0.1) is 5.69 Å². The van der Waals surface area contributed by atoms with Gasteiger partial charge in [-0.15, -0.1) is 11.3 Å². The molecule has 0 aliphatic carbocycles. The van der Waals surface area contributed by atoms with E-state index in [0.717, 1.165) is 25.2 Å². The minimum absolute atomic E-state index is 0.780. The molecule has 4 heteroatoms. The van der Waals surface area contributed by atoms with E-state index in [0.29, 0.717) is 0 Å². The standard InChI is InChI=1S/C10H12N2OS/c1-2-10(14-7-1)3-5-11-8-9-4-6-13-12-9/h1-2,4,6-7,11H,3,5,8H2. The number of rotatable bonds is 5. The van der Waals surface area contributed by atoms with Gasteiger partial charge in [-0.25, -0.2) is 0 Å². The summed E-state index contributed by atoms with van der Waals surface area (Å²) in [4.78, 5) is 1.41. The Morgan fingerprint density at radius 2 is 2.43 bits per heavy atom. The normalized spacial score (nSPS) is 10.6. The summed E-state index contributed by atoms with van der Waals surface area (Å²) in [5, 5.41) is 9.23. The number of nitrogens with one attached hydrogen (secondary N) is 1. The second-order valence-electron chi connectivity index (χ2n) is 3.00. The lowest BCUT2D eigenvalue weighted by molar-refractivity contribution is 0.408. The van der Waals surface area contributed by atoms with Crippen molar-refractivity contribution in [3.63, 3.8) is 0 Å². The van der Waals surface area contributed by atoms with Crippen molar-refractivity contribution in [2.45, 2.75) is 13.0 Å². The molecule has 3 nitrogen and oxygen atoms in total. The van der Waals surface area contributed by atoms with Gasteiger partial charge in [0.2, 0.25) is 0 Å². The molecule has 2 aromatic heterocycles. The molecule has 2 rings (SSSR count). The summed E-state index contributed by atoms with van der Waals surface area (Å²) in [7, 11) is 0. The molecule has 0 saturated carbocycles. The zero-order valence-electron chi connectivity index (χ0n) is 7.77. The van der Waals surface area contributed by atoms with Gasteiger partial charge in [0.25, 0.3) is 0 Å². The summed E-state index contributed by atoms with van der Waals surface area (Å²) >= 11 is 1.80. The number of hydrogen-bond acceptors (Lipinski definition) is 4. The average molecular weight is 208 g/mol. The van der Waals surface area contributed by atoms with Crippen molar-refractivity contribution in [3.8, 4) is 0 Å². The highest BCUT2D eigenvalue weighted by Gasteiger charge is 1.96. The van der Waals surface area contributed by atoms with E-state index in [4.69, 9.17) is 4.52 Å². The van der Waals surface area contributed by atoms with E-state index in [1.807, 2.05) is 6.07 Å². The van der Waals surface area contributed by atoms with Crippen LogP contribution < -0.4 is 5.32 Å². The third-order valence-electron chi connectivity index (χ3n) is 1.93. The molecule has 0 bridgehead atoms. The maximum absolute atomic E-state index is 4.73. The molecular formula is C10H12N2OS. The van der Waals surface area contributed by atoms with Gasteiger partial charge >= 0.3 is 0 Å². The third-order valence-corrected chi connectivity index (χ3v) is 2.86. The van der Waals surface area contributed by atoms with E-state index >= 15 is 0 Å². The van der Waals surface area contributed by atoms with Crippen LogP contribution in [0.25, 0.3) is 0 Å². The van der Waals surface area contributed by atoms with E-state index in [1.165, 1.54) is 4.88 Å². The van der Waals surface area contributed by atoms with Crippen LogP contribution in [0.3, 0.4) is 0 Å². The highest BCUT2D eigenvalue weighted by molar-refractivity contribution is 7.09. The molecule has 0 amide bonds. The third kappa shape index (κ3) is 2.68. The minimum atomic E-state index is 0.780. The molecule has 0 aliphatic rings. The highest BCUT2D eigenvalue weighted by atomic mass is 32.1. The van der Waals surface area contributed by atoms with Crippen LogP contribution in [0.15, 0.2) is 34.4 Å². The maximum Gasteiger partial charge on any atom is 0.124 e. The second-order valence-corrected chi connectivity index (χ2v) is 4.03. The maximum atomic E-state index is 4.73. The first-order chi connectivity index (χ1) is 6.95. The minimum Gasteiger partial charge on any atom is -0.364 e. The van der Waals surface area contributed by atoms with Crippen molar-refractivity contribution < 1.29 is 4.52 Å². The van der Waals surface area contributed by atoms with E-state index < -0.39 is 0 Å². The molecule has 2 aromatic rings. The smallest absolute Gasteiger partial charge is 0.124 e. The molecule has 14 heavy (non-hydrogen) atoms. The summed E-state index contributed by atoms with van der Waals surface area (Å²) < 4.78 is 4.73. The number of aromatic nitrogens is 1. The molecular weight excluding hydrogens is 196 g/mol. The summed E-state index contributed by atoms with van der Waals surface area (Å²) in [6.45, 7) is 1.76. The molecule has 0 saturated heterocycles. The van der Waals surface area contributed by atoms with Crippen LogP contribution >= 0.6 is 11.3 Å². The Kier molecular flexibility index (Phi) is 3.32. The van der Waals surface area contributed by atoms with Crippen LogP contribution in [0.4, 0.5) is 0 Å². The molecule has 0 atom stereocenters. The van der Waals surface area contributed by atoms with Crippen molar-refractivity contribution >= 4 is 11.3 Å². The van der Waals surface area contributed by atoms with E-state index in [2.05, 4.69) is 28.0 Å². The van der Waals surface area contributed by atoms with Crippen LogP contribution in [0, 0.1) is 0 Å². The van der Waals surface area contributed by atoms with Gasteiger partial charge in [-0.3, -0.25) is 0 Å². The molecule has 2 heterocycles. The van der Waals surface area contributed by atoms with Crippen molar-refractivity contribution in [3.05, 3.63) is 40.4 Å². The van der Waals surface area contributed by atoms with E-state index in [9.17, 15) is 0 Å². The van der Waals surface area contributed by atoms with Gasteiger partial charge < -0.3 is 9.84 Å². The van der Waals surface area contributed by atoms with Crippen molar-refractivity contribution in [1.82, 2.24) is 10.5 Å². The van der Waals surface area contributed by atoms with Gasteiger partial charge in [-0.2, -0.15) is 0 Å². The molecule has 1 N–H and O–H groups in total. The zero-order valence-corrected chi connectivity index (χ0v) is 8.59. The summed E-state index contributed by atoms with van der Waals surface area (Å²) in [5.41, 5.74) is 0.955. The zero-order chi connectivity index (χ0) is 9.64. The lowest BCUT2D eigenvalue weighted by Gasteiger charge is -1.99. The monoisotopic (exact) mass is 208 g/mol. The molecule has 0 aliphatic heterocycles. The van der Waals surface area contributed by atoms with Gasteiger partial charge in [-0.1, -0.05) is 11.2 Å². The van der Waals surface area contributed by atoms with Crippen LogP contribution in [-0.4, -0.2) is 11.7 Å². The van der Waals surface area contributed by atoms with Crippen LogP contribution in [0.1, 0.15) is 10.6 Å². The Labute approximate surface area is 86.7 Å². The molecule has 74 valence electrons. The average Bonchev–Trinajstić information content (AvgIpc) is 2.86. The van der Waals surface area contributed by atoms with Crippen LogP contribution in [0.5, 0.6) is 0 Å². The fourth-order valence-corrected chi connectivity index (χ4v) is 1.92. The Morgan fingerprint density at radius 3 is 3.14 bits per heavy atom. The van der Waals surface area contributed by atoms with Crippen molar-refractivity contribution in [1.29, 1.82) is 0 Å². The summed E-state index contributed by atoms with van der Waals surface area (Å²) in [5.74, 6) is 0. The summed E-state index contributed by atoms with van der Waals surface area (Å²) in [6.07, 6.45) is 2.67. The Morgan fingerprint density at radius 1 is 1.43 bits per heavy atom. The molecule has 0 unspecified atom stereocenters. The fraction of sp³-hybridized carbons (Fsp3) is 0.300. The van der Waals surface area contributed by atoms with Crippen molar-refractivity contribution in [2.24, 2.45) is 0 Å². The van der Waals surface area contributed by atoms with Gasteiger partial charge in [0.1, 0.15) is 6.26 Å². The predicted molar refractivity (Wildman–Crippen MR) is 56.2 cm³/mol. The molecule has 0 spiro atoms. The topological polar surface area (TPSA) is 38.1 Å². The number of hydrogen-bond donors (Lipinski definition) is 1. The quantitative estimate of drug-likeness (QED) is 0.764. The first-order valence-corrected chi connectivity index (χ1v) is 5.45. The number of nitrogens with zero attached hydrogens (tertiary/aromatic N) is 1. The van der Waals surface area contributed by atoms with Gasteiger partial charge in [0.15, 0.2) is 0 Å². The lowest BCUT2D eigenvalue weighted by Crippen LogP contribution is -2.16. The first-order valence-electron chi connectivity index (χ1n) is 4.57. The van der Waals surface area contributed by atoms with Gasteiger partial charge in [-0.05, 0) is 17.9 Å². The molecule has 0 radical (unpaired) electrons. The fourth-order valence-electron chi connectivity index (χ4n) is 1.21. The predicted octanol–water partition coefficient (Wildman–Crippen LogP) is 2.07. The van der Waals surface area contributed by atoms with Crippen LogP contribution in [-0.2, 0) is 13.0 Å². The molecule has 0 aromatic carbocycles.